The summed E-state index contributed by atoms with van der Waals surface area (Å²) in [5.41, 5.74) is 2.26. The van der Waals surface area contributed by atoms with Crippen molar-refractivity contribution in [3.63, 3.8) is 0 Å². The monoisotopic (exact) mass is 403 g/mol. The Kier molecular flexibility index (Phi) is 7.40. The van der Waals surface area contributed by atoms with E-state index in [0.717, 1.165) is 0 Å². The van der Waals surface area contributed by atoms with Gasteiger partial charge in [0.15, 0.2) is 12.4 Å². The SMILES string of the molecule is COc1ccc(/C=C(/C#N)C(=O)OCC(=O)c2ccc(C3CCCCC3)cc2)cc1. The van der Waals surface area contributed by atoms with Crippen molar-refractivity contribution in [1.82, 2.24) is 0 Å². The third-order valence-electron chi connectivity index (χ3n) is 5.41. The number of carbonyl (C=O) groups is 2. The molecule has 30 heavy (non-hydrogen) atoms. The van der Waals surface area contributed by atoms with Crippen molar-refractivity contribution in [1.29, 1.82) is 5.26 Å². The van der Waals surface area contributed by atoms with Crippen molar-refractivity contribution in [3.05, 3.63) is 70.8 Å². The fraction of sp³-hybridized carbons (Fsp3) is 0.320. The lowest BCUT2D eigenvalue weighted by Gasteiger charge is -2.22. The summed E-state index contributed by atoms with van der Waals surface area (Å²) in [6.07, 6.45) is 7.63. The quantitative estimate of drug-likeness (QED) is 0.279. The lowest BCUT2D eigenvalue weighted by atomic mass is 9.84. The van der Waals surface area contributed by atoms with Crippen molar-refractivity contribution >= 4 is 17.8 Å². The third-order valence-corrected chi connectivity index (χ3v) is 5.41. The highest BCUT2D eigenvalue weighted by atomic mass is 16.5. The number of hydrogen-bond acceptors (Lipinski definition) is 5. The highest BCUT2D eigenvalue weighted by Crippen LogP contribution is 2.32. The second-order valence-electron chi connectivity index (χ2n) is 7.40. The van der Waals surface area contributed by atoms with Gasteiger partial charge in [0.25, 0.3) is 0 Å². The molecule has 3 rings (SSSR count). The Labute approximate surface area is 176 Å². The molecule has 0 unspecified atom stereocenters. The highest BCUT2D eigenvalue weighted by Gasteiger charge is 2.17. The van der Waals surface area contributed by atoms with E-state index in [1.165, 1.54) is 43.7 Å². The van der Waals surface area contributed by atoms with E-state index >= 15 is 0 Å². The highest BCUT2D eigenvalue weighted by molar-refractivity contribution is 6.01. The van der Waals surface area contributed by atoms with Crippen LogP contribution in [0.2, 0.25) is 0 Å². The molecule has 0 radical (unpaired) electrons. The summed E-state index contributed by atoms with van der Waals surface area (Å²) in [7, 11) is 1.56. The molecule has 0 amide bonds. The maximum absolute atomic E-state index is 12.4. The number of methoxy groups -OCH3 is 1. The fourth-order valence-electron chi connectivity index (χ4n) is 3.67. The van der Waals surface area contributed by atoms with Crippen LogP contribution in [0.3, 0.4) is 0 Å². The molecule has 0 saturated heterocycles. The van der Waals surface area contributed by atoms with Gasteiger partial charge in [-0.3, -0.25) is 4.79 Å². The number of nitrogens with zero attached hydrogens (tertiary/aromatic N) is 1. The van der Waals surface area contributed by atoms with E-state index in [9.17, 15) is 14.9 Å². The molecule has 2 aromatic rings. The van der Waals surface area contributed by atoms with Crippen LogP contribution in [-0.2, 0) is 9.53 Å². The summed E-state index contributed by atoms with van der Waals surface area (Å²) in [5, 5.41) is 9.27. The van der Waals surface area contributed by atoms with Gasteiger partial charge in [0.1, 0.15) is 17.4 Å². The van der Waals surface area contributed by atoms with E-state index in [1.54, 1.807) is 43.5 Å². The molecule has 0 aliphatic heterocycles. The first kappa shape index (κ1) is 21.3. The van der Waals surface area contributed by atoms with Crippen molar-refractivity contribution < 1.29 is 19.1 Å². The summed E-state index contributed by atoms with van der Waals surface area (Å²) in [5.74, 6) is 0.135. The molecule has 0 heterocycles. The number of carbonyl (C=O) groups excluding carboxylic acids is 2. The number of benzene rings is 2. The lowest BCUT2D eigenvalue weighted by Crippen LogP contribution is -2.15. The number of ether oxygens (including phenoxy) is 2. The number of rotatable bonds is 7. The summed E-state index contributed by atoms with van der Waals surface area (Å²) in [6.45, 7) is -0.400. The third kappa shape index (κ3) is 5.57. The Bertz CT molecular complexity index is 946. The van der Waals surface area contributed by atoms with Crippen LogP contribution in [0.4, 0.5) is 0 Å². The van der Waals surface area contributed by atoms with Gasteiger partial charge in [-0.2, -0.15) is 5.26 Å². The van der Waals surface area contributed by atoms with Gasteiger partial charge in [-0.05, 0) is 48.1 Å². The van der Waals surface area contributed by atoms with Gasteiger partial charge < -0.3 is 9.47 Å². The Hall–Kier alpha value is -3.39. The van der Waals surface area contributed by atoms with Gasteiger partial charge in [-0.25, -0.2) is 4.79 Å². The molecule has 2 aromatic carbocycles. The predicted molar refractivity (Wildman–Crippen MR) is 114 cm³/mol. The second kappa shape index (κ2) is 10.4. The maximum atomic E-state index is 12.4. The minimum absolute atomic E-state index is 0.166. The molecule has 0 aromatic heterocycles. The average Bonchev–Trinajstić information content (AvgIpc) is 2.81. The van der Waals surface area contributed by atoms with E-state index in [2.05, 4.69) is 0 Å². The normalized spacial score (nSPS) is 14.6. The van der Waals surface area contributed by atoms with Crippen LogP contribution >= 0.6 is 0 Å². The molecule has 1 saturated carbocycles. The number of esters is 1. The van der Waals surface area contributed by atoms with Gasteiger partial charge >= 0.3 is 5.97 Å². The van der Waals surface area contributed by atoms with Crippen LogP contribution in [0.5, 0.6) is 5.75 Å². The predicted octanol–water partition coefficient (Wildman–Crippen LogP) is 5.08. The number of Topliss-reactive ketones (excluding diaryl/α,β-unsaturated/α-hetero) is 1. The van der Waals surface area contributed by atoms with Crippen LogP contribution in [-0.4, -0.2) is 25.5 Å². The van der Waals surface area contributed by atoms with Gasteiger partial charge in [-0.1, -0.05) is 55.7 Å². The molecule has 1 aliphatic carbocycles. The molecule has 0 bridgehead atoms. The largest absolute Gasteiger partial charge is 0.497 e. The smallest absolute Gasteiger partial charge is 0.349 e. The van der Waals surface area contributed by atoms with Crippen LogP contribution in [0.25, 0.3) is 6.08 Å². The van der Waals surface area contributed by atoms with Crippen molar-refractivity contribution in [3.8, 4) is 11.8 Å². The Morgan fingerprint density at radius 2 is 1.70 bits per heavy atom. The Balaban J connectivity index is 1.57. The summed E-state index contributed by atoms with van der Waals surface area (Å²) in [6, 6.07) is 16.3. The van der Waals surface area contributed by atoms with Crippen molar-refractivity contribution in [2.45, 2.75) is 38.0 Å². The summed E-state index contributed by atoms with van der Waals surface area (Å²) >= 11 is 0. The number of nitriles is 1. The zero-order valence-electron chi connectivity index (χ0n) is 17.1. The van der Waals surface area contributed by atoms with E-state index in [1.807, 2.05) is 18.2 Å². The van der Waals surface area contributed by atoms with Gasteiger partial charge in [0.2, 0.25) is 0 Å². The Morgan fingerprint density at radius 3 is 2.30 bits per heavy atom. The minimum Gasteiger partial charge on any atom is -0.497 e. The first-order valence-electron chi connectivity index (χ1n) is 10.2. The molecule has 0 atom stereocenters. The van der Waals surface area contributed by atoms with E-state index in [-0.39, 0.29) is 11.4 Å². The molecule has 1 fully saturated rings. The lowest BCUT2D eigenvalue weighted by molar-refractivity contribution is -0.137. The number of ketones is 1. The van der Waals surface area contributed by atoms with E-state index < -0.39 is 12.6 Å². The molecule has 154 valence electrons. The second-order valence-corrected chi connectivity index (χ2v) is 7.40. The van der Waals surface area contributed by atoms with E-state index in [0.29, 0.717) is 22.8 Å². The average molecular weight is 403 g/mol. The topological polar surface area (TPSA) is 76.4 Å². The standard InChI is InChI=1S/C25H25NO4/c1-29-23-13-7-18(8-14-23)15-22(16-26)25(28)30-17-24(27)21-11-9-20(10-12-21)19-5-3-2-4-6-19/h7-15,19H,2-6,17H2,1H3/b22-15-. The zero-order valence-corrected chi connectivity index (χ0v) is 17.1. The maximum Gasteiger partial charge on any atom is 0.349 e. The van der Waals surface area contributed by atoms with E-state index in [4.69, 9.17) is 9.47 Å². The first-order chi connectivity index (χ1) is 14.6. The molecule has 0 N–H and O–H groups in total. The Morgan fingerprint density at radius 1 is 1.03 bits per heavy atom. The summed E-state index contributed by atoms with van der Waals surface area (Å²) in [4.78, 5) is 24.6. The molecule has 1 aliphatic rings. The molecule has 0 spiro atoms. The first-order valence-corrected chi connectivity index (χ1v) is 10.2. The molecule has 5 nitrogen and oxygen atoms in total. The van der Waals surface area contributed by atoms with Crippen LogP contribution in [0.15, 0.2) is 54.1 Å². The molecular weight excluding hydrogens is 378 g/mol. The minimum atomic E-state index is -0.819. The fourth-order valence-corrected chi connectivity index (χ4v) is 3.67. The van der Waals surface area contributed by atoms with Crippen LogP contribution < -0.4 is 4.74 Å². The van der Waals surface area contributed by atoms with Gasteiger partial charge in [-0.15, -0.1) is 0 Å². The van der Waals surface area contributed by atoms with Gasteiger partial charge in [0, 0.05) is 5.56 Å². The van der Waals surface area contributed by atoms with Crippen molar-refractivity contribution in [2.24, 2.45) is 0 Å². The van der Waals surface area contributed by atoms with Crippen LogP contribution in [0.1, 0.15) is 59.5 Å². The van der Waals surface area contributed by atoms with Crippen LogP contribution in [0, 0.1) is 11.3 Å². The molecule has 5 heteroatoms. The number of hydrogen-bond donors (Lipinski definition) is 0. The summed E-state index contributed by atoms with van der Waals surface area (Å²) < 4.78 is 10.2. The zero-order chi connectivity index (χ0) is 21.3. The molecular formula is C25H25NO4. The van der Waals surface area contributed by atoms with Gasteiger partial charge in [0.05, 0.1) is 7.11 Å². The van der Waals surface area contributed by atoms with Crippen molar-refractivity contribution in [2.75, 3.05) is 13.7 Å².